The van der Waals surface area contributed by atoms with Gasteiger partial charge in [0, 0.05) is 6.42 Å². The Labute approximate surface area is 160 Å². The number of carbonyl (C=O) groups excluding carboxylic acids is 1. The third-order valence-corrected chi connectivity index (χ3v) is 4.75. The number of ether oxygens (including phenoxy) is 4. The van der Waals surface area contributed by atoms with E-state index in [1.165, 1.54) is 0 Å². The highest BCUT2D eigenvalue weighted by Gasteiger charge is 2.60. The molecule has 2 heterocycles. The predicted octanol–water partition coefficient (Wildman–Crippen LogP) is -4.04. The molecule has 28 heavy (non-hydrogen) atoms. The minimum atomic E-state index is -2.23. The summed E-state index contributed by atoms with van der Waals surface area (Å²) >= 11 is 0. The Morgan fingerprint density at radius 3 is 2.14 bits per heavy atom. The monoisotopic (exact) mass is 412 g/mol. The molecule has 7 N–H and O–H groups in total. The van der Waals surface area contributed by atoms with Crippen LogP contribution in [0.1, 0.15) is 19.8 Å². The SMILES string of the molecule is CCCC(=O)O[C@H]1[C@H](O)[C@@H](CO)O[C@@]1(CO)O[C@H]1O[C@H](CO)[C@@H](O)[C@H](O)[C@H]1O. The van der Waals surface area contributed by atoms with Crippen molar-refractivity contribution in [1.82, 2.24) is 0 Å². The molecule has 0 aliphatic carbocycles. The average Bonchev–Trinajstić information content (AvgIpc) is 2.94. The molecule has 0 unspecified atom stereocenters. The Bertz CT molecular complexity index is 516. The molecule has 0 amide bonds. The quantitative estimate of drug-likeness (QED) is 0.191. The fourth-order valence-corrected chi connectivity index (χ4v) is 3.18. The molecule has 2 rings (SSSR count). The zero-order chi connectivity index (χ0) is 21.1. The molecule has 164 valence electrons. The van der Waals surface area contributed by atoms with Crippen molar-refractivity contribution in [2.24, 2.45) is 0 Å². The van der Waals surface area contributed by atoms with Crippen LogP contribution in [0.25, 0.3) is 0 Å². The fraction of sp³-hybridized carbons (Fsp3) is 0.938. The lowest BCUT2D eigenvalue weighted by Crippen LogP contribution is -2.63. The number of esters is 1. The van der Waals surface area contributed by atoms with Crippen molar-refractivity contribution >= 4 is 5.97 Å². The van der Waals surface area contributed by atoms with Crippen molar-refractivity contribution in [2.45, 2.75) is 74.6 Å². The lowest BCUT2D eigenvalue weighted by molar-refractivity contribution is -0.383. The van der Waals surface area contributed by atoms with Gasteiger partial charge in [-0.2, -0.15) is 0 Å². The Balaban J connectivity index is 2.27. The average molecular weight is 412 g/mol. The second kappa shape index (κ2) is 9.71. The highest BCUT2D eigenvalue weighted by molar-refractivity contribution is 5.69. The Kier molecular flexibility index (Phi) is 8.10. The number of rotatable bonds is 8. The number of hydrogen-bond donors (Lipinski definition) is 7. The third-order valence-electron chi connectivity index (χ3n) is 4.75. The van der Waals surface area contributed by atoms with Gasteiger partial charge in [0.15, 0.2) is 12.4 Å². The van der Waals surface area contributed by atoms with Crippen LogP contribution in [0.3, 0.4) is 0 Å². The van der Waals surface area contributed by atoms with Gasteiger partial charge >= 0.3 is 5.97 Å². The van der Waals surface area contributed by atoms with Crippen molar-refractivity contribution < 1.29 is 59.5 Å². The molecule has 9 atom stereocenters. The smallest absolute Gasteiger partial charge is 0.306 e. The molecule has 12 heteroatoms. The first-order valence-corrected chi connectivity index (χ1v) is 9.00. The summed E-state index contributed by atoms with van der Waals surface area (Å²) in [7, 11) is 0. The summed E-state index contributed by atoms with van der Waals surface area (Å²) in [6.07, 6.45) is -12.2. The van der Waals surface area contributed by atoms with Gasteiger partial charge in [-0.3, -0.25) is 4.79 Å². The Hall–Kier alpha value is -0.930. The van der Waals surface area contributed by atoms with Gasteiger partial charge in [0.25, 0.3) is 0 Å². The van der Waals surface area contributed by atoms with Crippen LogP contribution in [0, 0.1) is 0 Å². The first-order chi connectivity index (χ1) is 13.2. The molecule has 12 nitrogen and oxygen atoms in total. The summed E-state index contributed by atoms with van der Waals surface area (Å²) < 4.78 is 21.2. The summed E-state index contributed by atoms with van der Waals surface area (Å²) in [5, 5.41) is 68.7. The number of hydrogen-bond acceptors (Lipinski definition) is 12. The van der Waals surface area contributed by atoms with E-state index in [0.29, 0.717) is 6.42 Å². The zero-order valence-corrected chi connectivity index (χ0v) is 15.3. The number of aliphatic hydroxyl groups is 7. The van der Waals surface area contributed by atoms with Crippen molar-refractivity contribution in [3.63, 3.8) is 0 Å². The minimum absolute atomic E-state index is 0.00850. The summed E-state index contributed by atoms with van der Waals surface area (Å²) in [5.74, 6) is -2.95. The molecule has 0 aromatic rings. The largest absolute Gasteiger partial charge is 0.454 e. The molecule has 0 bridgehead atoms. The summed E-state index contributed by atoms with van der Waals surface area (Å²) in [5.41, 5.74) is 0. The van der Waals surface area contributed by atoms with E-state index in [-0.39, 0.29) is 6.42 Å². The zero-order valence-electron chi connectivity index (χ0n) is 15.3. The summed E-state index contributed by atoms with van der Waals surface area (Å²) in [4.78, 5) is 11.9. The number of aliphatic hydroxyl groups excluding tert-OH is 7. The molecule has 2 aliphatic rings. The van der Waals surface area contributed by atoms with Gasteiger partial charge in [0.2, 0.25) is 5.79 Å². The highest BCUT2D eigenvalue weighted by atomic mass is 16.8. The lowest BCUT2D eigenvalue weighted by atomic mass is 9.99. The van der Waals surface area contributed by atoms with E-state index in [4.69, 9.17) is 18.9 Å². The van der Waals surface area contributed by atoms with Crippen LogP contribution in [-0.2, 0) is 23.7 Å². The molecule has 0 spiro atoms. The first-order valence-electron chi connectivity index (χ1n) is 9.00. The molecular formula is C16H28O12. The van der Waals surface area contributed by atoms with Crippen LogP contribution in [0.5, 0.6) is 0 Å². The Morgan fingerprint density at radius 1 is 0.964 bits per heavy atom. The van der Waals surface area contributed by atoms with E-state index in [2.05, 4.69) is 0 Å². The minimum Gasteiger partial charge on any atom is -0.454 e. The van der Waals surface area contributed by atoms with Gasteiger partial charge in [-0.15, -0.1) is 0 Å². The lowest BCUT2D eigenvalue weighted by Gasteiger charge is -2.43. The standard InChI is InChI=1S/C16H28O12/c1-2-3-9(20)26-14-11(22)8(5-18)27-16(14,6-19)28-15-13(24)12(23)10(21)7(4-17)25-15/h7-8,10-15,17-19,21-24H,2-6H2,1H3/t7-,8-,10-,11-,12+,13-,14+,15-,16+/m1/s1. The van der Waals surface area contributed by atoms with Gasteiger partial charge in [-0.1, -0.05) is 6.92 Å². The maximum Gasteiger partial charge on any atom is 0.306 e. The van der Waals surface area contributed by atoms with Crippen LogP contribution in [0.15, 0.2) is 0 Å². The molecule has 0 aromatic heterocycles. The molecule has 2 saturated heterocycles. The van der Waals surface area contributed by atoms with Crippen molar-refractivity contribution in [1.29, 1.82) is 0 Å². The van der Waals surface area contributed by atoms with E-state index < -0.39 is 80.6 Å². The van der Waals surface area contributed by atoms with E-state index >= 15 is 0 Å². The van der Waals surface area contributed by atoms with Gasteiger partial charge in [-0.05, 0) is 6.42 Å². The van der Waals surface area contributed by atoms with Gasteiger partial charge < -0.3 is 54.7 Å². The second-order valence-corrected chi connectivity index (χ2v) is 6.78. The van der Waals surface area contributed by atoms with E-state index in [9.17, 15) is 40.5 Å². The predicted molar refractivity (Wildman–Crippen MR) is 87.4 cm³/mol. The summed E-state index contributed by atoms with van der Waals surface area (Å²) in [6, 6.07) is 0. The normalized spacial score (nSPS) is 43.9. The van der Waals surface area contributed by atoms with Crippen molar-refractivity contribution in [2.75, 3.05) is 19.8 Å². The number of carbonyl (C=O) groups is 1. The molecule has 0 radical (unpaired) electrons. The van der Waals surface area contributed by atoms with E-state index in [1.807, 2.05) is 0 Å². The van der Waals surface area contributed by atoms with Crippen molar-refractivity contribution in [3.05, 3.63) is 0 Å². The molecule has 2 aliphatic heterocycles. The Morgan fingerprint density at radius 2 is 1.61 bits per heavy atom. The van der Waals surface area contributed by atoms with Crippen LogP contribution in [0.2, 0.25) is 0 Å². The van der Waals surface area contributed by atoms with Crippen LogP contribution < -0.4 is 0 Å². The topological polar surface area (TPSA) is 196 Å². The first kappa shape index (κ1) is 23.3. The molecular weight excluding hydrogens is 384 g/mol. The van der Waals surface area contributed by atoms with E-state index in [0.717, 1.165) is 0 Å². The van der Waals surface area contributed by atoms with E-state index in [1.54, 1.807) is 6.92 Å². The molecule has 0 saturated carbocycles. The van der Waals surface area contributed by atoms with Gasteiger partial charge in [0.05, 0.1) is 13.2 Å². The second-order valence-electron chi connectivity index (χ2n) is 6.78. The molecule has 2 fully saturated rings. The third kappa shape index (κ3) is 4.46. The van der Waals surface area contributed by atoms with Gasteiger partial charge in [-0.25, -0.2) is 0 Å². The van der Waals surface area contributed by atoms with Gasteiger partial charge in [0.1, 0.15) is 43.2 Å². The van der Waals surface area contributed by atoms with Crippen molar-refractivity contribution in [3.8, 4) is 0 Å². The van der Waals surface area contributed by atoms with Crippen LogP contribution in [-0.4, -0.2) is 116 Å². The summed E-state index contributed by atoms with van der Waals surface area (Å²) in [6.45, 7) is -0.653. The maximum absolute atomic E-state index is 11.9. The van der Waals surface area contributed by atoms with Crippen LogP contribution in [0.4, 0.5) is 0 Å². The fourth-order valence-electron chi connectivity index (χ4n) is 3.18. The highest BCUT2D eigenvalue weighted by Crippen LogP contribution is 2.38. The maximum atomic E-state index is 11.9. The van der Waals surface area contributed by atoms with Crippen LogP contribution >= 0.6 is 0 Å². The molecule has 0 aromatic carbocycles.